The predicted octanol–water partition coefficient (Wildman–Crippen LogP) is 1.29. The van der Waals surface area contributed by atoms with Crippen molar-refractivity contribution in [3.05, 3.63) is 28.8 Å². The van der Waals surface area contributed by atoms with E-state index in [0.717, 1.165) is 5.56 Å². The first-order valence-corrected chi connectivity index (χ1v) is 6.39. The Bertz CT molecular complexity index is 526. The van der Waals surface area contributed by atoms with E-state index in [0.29, 0.717) is 11.1 Å². The van der Waals surface area contributed by atoms with Gasteiger partial charge < -0.3 is 9.29 Å². The molecule has 94 valence electrons. The van der Waals surface area contributed by atoms with Crippen molar-refractivity contribution in [1.82, 2.24) is 0 Å². The van der Waals surface area contributed by atoms with Gasteiger partial charge in [-0.3, -0.25) is 5.41 Å². The zero-order valence-corrected chi connectivity index (χ0v) is 10.8. The van der Waals surface area contributed by atoms with Gasteiger partial charge in [0.2, 0.25) is 5.90 Å². The minimum Gasteiger partial charge on any atom is -0.387 e. The van der Waals surface area contributed by atoms with Gasteiger partial charge in [-0.15, -0.1) is 0 Å². The minimum absolute atomic E-state index is 0.0568. The van der Waals surface area contributed by atoms with Crippen molar-refractivity contribution >= 4 is 16.0 Å². The maximum absolute atomic E-state index is 11.9. The van der Waals surface area contributed by atoms with Gasteiger partial charge in [-0.2, -0.15) is 8.42 Å². The van der Waals surface area contributed by atoms with Crippen molar-refractivity contribution in [3.63, 3.8) is 0 Å². The van der Waals surface area contributed by atoms with Crippen LogP contribution in [-0.4, -0.2) is 26.0 Å². The standard InChI is InChI=1S/C11H15NO4S/c1-7-4-8(2)11(9(3)5-7)17(14,15)16-10(12)6-13/h4-5,12-13H,6H2,1-3H3. The molecule has 2 N–H and O–H groups in total. The normalized spacial score (nSPS) is 11.3. The van der Waals surface area contributed by atoms with E-state index >= 15 is 0 Å². The minimum atomic E-state index is -4.03. The van der Waals surface area contributed by atoms with Gasteiger partial charge in [0, 0.05) is 0 Å². The molecule has 0 saturated heterocycles. The van der Waals surface area contributed by atoms with Gasteiger partial charge in [0.25, 0.3) is 0 Å². The number of nitrogens with one attached hydrogen (secondary N) is 1. The highest BCUT2D eigenvalue weighted by molar-refractivity contribution is 7.87. The van der Waals surface area contributed by atoms with Crippen LogP contribution in [0, 0.1) is 26.2 Å². The molecule has 0 bridgehead atoms. The molecule has 1 aromatic carbocycles. The predicted molar refractivity (Wildman–Crippen MR) is 63.7 cm³/mol. The Morgan fingerprint density at radius 2 is 1.76 bits per heavy atom. The van der Waals surface area contributed by atoms with Crippen LogP contribution in [0.4, 0.5) is 0 Å². The quantitative estimate of drug-likeness (QED) is 0.485. The average Bonchev–Trinajstić information content (AvgIpc) is 2.14. The Morgan fingerprint density at radius 3 is 2.18 bits per heavy atom. The summed E-state index contributed by atoms with van der Waals surface area (Å²) in [6, 6.07) is 3.46. The van der Waals surface area contributed by atoms with Crippen LogP contribution < -0.4 is 0 Å². The molecule has 0 aliphatic heterocycles. The lowest BCUT2D eigenvalue weighted by atomic mass is 10.1. The lowest BCUT2D eigenvalue weighted by Gasteiger charge is -2.12. The summed E-state index contributed by atoms with van der Waals surface area (Å²) in [7, 11) is -4.03. The number of aryl methyl sites for hydroxylation is 3. The lowest BCUT2D eigenvalue weighted by Crippen LogP contribution is -2.17. The molecule has 0 spiro atoms. The van der Waals surface area contributed by atoms with Crippen LogP contribution in [0.5, 0.6) is 0 Å². The molecule has 0 fully saturated rings. The molecule has 0 heterocycles. The fourth-order valence-electron chi connectivity index (χ4n) is 1.76. The van der Waals surface area contributed by atoms with Crippen LogP contribution in [-0.2, 0) is 14.3 Å². The topological polar surface area (TPSA) is 87.5 Å². The maximum atomic E-state index is 11.9. The summed E-state index contributed by atoms with van der Waals surface area (Å²) in [5.41, 5.74) is 2.08. The van der Waals surface area contributed by atoms with Gasteiger partial charge in [0.15, 0.2) is 0 Å². The Morgan fingerprint density at radius 1 is 1.29 bits per heavy atom. The molecule has 0 amide bonds. The van der Waals surface area contributed by atoms with Crippen molar-refractivity contribution in [1.29, 1.82) is 5.41 Å². The highest BCUT2D eigenvalue weighted by Crippen LogP contribution is 2.23. The summed E-state index contributed by atoms with van der Waals surface area (Å²) in [6.07, 6.45) is 0. The molecule has 0 atom stereocenters. The summed E-state index contributed by atoms with van der Waals surface area (Å²) >= 11 is 0. The number of aliphatic hydroxyl groups is 1. The third-order valence-corrected chi connectivity index (χ3v) is 3.77. The zero-order valence-electron chi connectivity index (χ0n) is 9.94. The number of rotatable bonds is 3. The number of benzene rings is 1. The third kappa shape index (κ3) is 3.04. The monoisotopic (exact) mass is 257 g/mol. The molecule has 0 aliphatic rings. The van der Waals surface area contributed by atoms with E-state index in [2.05, 4.69) is 4.18 Å². The third-order valence-electron chi connectivity index (χ3n) is 2.21. The van der Waals surface area contributed by atoms with Crippen LogP contribution in [0.1, 0.15) is 16.7 Å². The summed E-state index contributed by atoms with van der Waals surface area (Å²) in [5.74, 6) is -0.690. The summed E-state index contributed by atoms with van der Waals surface area (Å²) in [5, 5.41) is 15.7. The zero-order chi connectivity index (χ0) is 13.2. The van der Waals surface area contributed by atoms with Gasteiger partial charge in [-0.25, -0.2) is 0 Å². The summed E-state index contributed by atoms with van der Waals surface area (Å²) in [6.45, 7) is 4.45. The molecule has 0 unspecified atom stereocenters. The average molecular weight is 257 g/mol. The molecule has 0 radical (unpaired) electrons. The second kappa shape index (κ2) is 4.85. The SMILES string of the molecule is Cc1cc(C)c(S(=O)(=O)OC(=N)CO)c(C)c1. The van der Waals surface area contributed by atoms with E-state index in [-0.39, 0.29) is 4.90 Å². The first kappa shape index (κ1) is 13.7. The van der Waals surface area contributed by atoms with Crippen molar-refractivity contribution < 1.29 is 17.7 Å². The van der Waals surface area contributed by atoms with Crippen molar-refractivity contribution in [3.8, 4) is 0 Å². The first-order chi connectivity index (χ1) is 7.77. The van der Waals surface area contributed by atoms with E-state index < -0.39 is 22.6 Å². The van der Waals surface area contributed by atoms with E-state index in [1.807, 2.05) is 6.92 Å². The molecule has 5 nitrogen and oxygen atoms in total. The van der Waals surface area contributed by atoms with Crippen LogP contribution in [0.25, 0.3) is 0 Å². The number of hydrogen-bond acceptors (Lipinski definition) is 5. The lowest BCUT2D eigenvalue weighted by molar-refractivity contribution is 0.327. The summed E-state index contributed by atoms with van der Waals surface area (Å²) in [4.78, 5) is 0.0568. The Hall–Kier alpha value is -1.40. The molecular weight excluding hydrogens is 242 g/mol. The highest BCUT2D eigenvalue weighted by Gasteiger charge is 2.22. The van der Waals surface area contributed by atoms with Crippen molar-refractivity contribution in [2.45, 2.75) is 25.7 Å². The fourth-order valence-corrected chi connectivity index (χ4v) is 3.07. The van der Waals surface area contributed by atoms with Crippen LogP contribution in [0.15, 0.2) is 17.0 Å². The van der Waals surface area contributed by atoms with Crippen molar-refractivity contribution in [2.75, 3.05) is 6.61 Å². The van der Waals surface area contributed by atoms with E-state index in [4.69, 9.17) is 10.5 Å². The molecule has 6 heteroatoms. The smallest absolute Gasteiger partial charge is 0.340 e. The molecule has 0 saturated carbocycles. The van der Waals surface area contributed by atoms with Crippen LogP contribution >= 0.6 is 0 Å². The van der Waals surface area contributed by atoms with Gasteiger partial charge in [-0.05, 0) is 31.9 Å². The Labute approximate surface area is 101 Å². The Kier molecular flexibility index (Phi) is 3.90. The molecule has 0 aliphatic carbocycles. The molecule has 1 aromatic rings. The van der Waals surface area contributed by atoms with Gasteiger partial charge in [-0.1, -0.05) is 17.7 Å². The van der Waals surface area contributed by atoms with Gasteiger partial charge >= 0.3 is 10.1 Å². The summed E-state index contributed by atoms with van der Waals surface area (Å²) < 4.78 is 28.2. The Balaban J connectivity index is 3.29. The van der Waals surface area contributed by atoms with E-state index in [9.17, 15) is 8.42 Å². The maximum Gasteiger partial charge on any atom is 0.340 e. The van der Waals surface area contributed by atoms with E-state index in [1.165, 1.54) is 0 Å². The van der Waals surface area contributed by atoms with Crippen LogP contribution in [0.2, 0.25) is 0 Å². The van der Waals surface area contributed by atoms with Crippen molar-refractivity contribution in [2.24, 2.45) is 0 Å². The largest absolute Gasteiger partial charge is 0.387 e. The van der Waals surface area contributed by atoms with Gasteiger partial charge in [0.1, 0.15) is 11.5 Å². The van der Waals surface area contributed by atoms with E-state index in [1.54, 1.807) is 26.0 Å². The number of aliphatic hydroxyl groups excluding tert-OH is 1. The van der Waals surface area contributed by atoms with Crippen LogP contribution in [0.3, 0.4) is 0 Å². The van der Waals surface area contributed by atoms with Gasteiger partial charge in [0.05, 0.1) is 0 Å². The molecule has 17 heavy (non-hydrogen) atoms. The second-order valence-electron chi connectivity index (χ2n) is 3.85. The molecule has 1 rings (SSSR count). The molecular formula is C11H15NO4S. The molecule has 0 aromatic heterocycles. The highest BCUT2D eigenvalue weighted by atomic mass is 32.2. The number of hydrogen-bond donors (Lipinski definition) is 2. The first-order valence-electron chi connectivity index (χ1n) is 4.98. The fraction of sp³-hybridized carbons (Fsp3) is 0.364. The second-order valence-corrected chi connectivity index (χ2v) is 5.33.